The second-order valence-electron chi connectivity index (χ2n) is 4.70. The summed E-state index contributed by atoms with van der Waals surface area (Å²) in [5.74, 6) is -2.18. The Morgan fingerprint density at radius 3 is 2.26 bits per heavy atom. The summed E-state index contributed by atoms with van der Waals surface area (Å²) in [6.45, 7) is 0. The Morgan fingerprint density at radius 2 is 1.74 bits per heavy atom. The number of hydrogen-bond donors (Lipinski definition) is 1. The number of benzene rings is 2. The van der Waals surface area contributed by atoms with Gasteiger partial charge in [0.25, 0.3) is 5.69 Å². The molecule has 0 aliphatic heterocycles. The predicted molar refractivity (Wildman–Crippen MR) is 80.6 cm³/mol. The van der Waals surface area contributed by atoms with Gasteiger partial charge in [0.05, 0.1) is 17.6 Å². The minimum atomic E-state index is -1.30. The van der Waals surface area contributed by atoms with E-state index in [9.17, 15) is 24.8 Å². The van der Waals surface area contributed by atoms with Crippen molar-refractivity contribution in [2.45, 2.75) is 6.42 Å². The maximum atomic E-state index is 11.8. The third kappa shape index (κ3) is 3.34. The van der Waals surface area contributed by atoms with E-state index in [1.54, 1.807) is 30.3 Å². The standard InChI is InChI=1S/C16H13NO6/c1-23-16(20)12-8-7-11(15(18)19)13(14(12)17(21)22)9-10-5-3-2-4-6-10/h2-8H,9H2,1H3,(H,18,19). The summed E-state index contributed by atoms with van der Waals surface area (Å²) in [6, 6.07) is 11.0. The molecule has 0 aliphatic carbocycles. The summed E-state index contributed by atoms with van der Waals surface area (Å²) in [7, 11) is 1.11. The molecule has 118 valence electrons. The van der Waals surface area contributed by atoms with Gasteiger partial charge in [-0.3, -0.25) is 10.1 Å². The molecule has 23 heavy (non-hydrogen) atoms. The minimum Gasteiger partial charge on any atom is -0.478 e. The molecule has 0 atom stereocenters. The number of nitrogens with zero attached hydrogens (tertiary/aromatic N) is 1. The van der Waals surface area contributed by atoms with Crippen molar-refractivity contribution in [1.82, 2.24) is 0 Å². The lowest BCUT2D eigenvalue weighted by molar-refractivity contribution is -0.385. The van der Waals surface area contributed by atoms with Crippen LogP contribution in [0.2, 0.25) is 0 Å². The smallest absolute Gasteiger partial charge is 0.344 e. The van der Waals surface area contributed by atoms with Gasteiger partial charge in [-0.2, -0.15) is 0 Å². The fourth-order valence-electron chi connectivity index (χ4n) is 2.30. The zero-order valence-corrected chi connectivity index (χ0v) is 12.2. The van der Waals surface area contributed by atoms with E-state index in [1.807, 2.05) is 0 Å². The van der Waals surface area contributed by atoms with Crippen LogP contribution in [0.5, 0.6) is 0 Å². The quantitative estimate of drug-likeness (QED) is 0.516. The van der Waals surface area contributed by atoms with Crippen molar-refractivity contribution in [1.29, 1.82) is 0 Å². The number of carbonyl (C=O) groups is 2. The van der Waals surface area contributed by atoms with Gasteiger partial charge in [-0.25, -0.2) is 9.59 Å². The third-order valence-corrected chi connectivity index (χ3v) is 3.32. The molecule has 0 amide bonds. The highest BCUT2D eigenvalue weighted by molar-refractivity contribution is 5.98. The van der Waals surface area contributed by atoms with Crippen LogP contribution in [0.3, 0.4) is 0 Å². The Bertz CT molecular complexity index is 770. The molecule has 2 rings (SSSR count). The number of carboxylic acids is 1. The molecule has 0 radical (unpaired) electrons. The fourth-order valence-corrected chi connectivity index (χ4v) is 2.30. The minimum absolute atomic E-state index is 0.0175. The number of nitro groups is 1. The summed E-state index contributed by atoms with van der Waals surface area (Å²) < 4.78 is 4.54. The van der Waals surface area contributed by atoms with Crippen molar-refractivity contribution >= 4 is 17.6 Å². The fraction of sp³-hybridized carbons (Fsp3) is 0.125. The first kappa shape index (κ1) is 16.2. The van der Waals surface area contributed by atoms with Crippen LogP contribution < -0.4 is 0 Å². The topological polar surface area (TPSA) is 107 Å². The normalized spacial score (nSPS) is 10.1. The Balaban J connectivity index is 2.70. The highest BCUT2D eigenvalue weighted by Crippen LogP contribution is 2.30. The van der Waals surface area contributed by atoms with Crippen LogP contribution in [0.4, 0.5) is 5.69 Å². The number of methoxy groups -OCH3 is 1. The highest BCUT2D eigenvalue weighted by atomic mass is 16.6. The number of rotatable bonds is 5. The van der Waals surface area contributed by atoms with E-state index in [0.29, 0.717) is 5.56 Å². The van der Waals surface area contributed by atoms with E-state index in [1.165, 1.54) is 6.07 Å². The number of carbonyl (C=O) groups excluding carboxylic acids is 1. The van der Waals surface area contributed by atoms with Gasteiger partial charge in [-0.05, 0) is 17.7 Å². The van der Waals surface area contributed by atoms with Gasteiger partial charge in [0.1, 0.15) is 5.56 Å². The Kier molecular flexibility index (Phi) is 4.70. The highest BCUT2D eigenvalue weighted by Gasteiger charge is 2.29. The first-order chi connectivity index (χ1) is 11.0. The molecule has 0 spiro atoms. The number of ether oxygens (including phenoxy) is 1. The van der Waals surface area contributed by atoms with E-state index >= 15 is 0 Å². The second kappa shape index (κ2) is 6.69. The molecule has 0 aliphatic rings. The molecule has 0 saturated carbocycles. The van der Waals surface area contributed by atoms with Crippen molar-refractivity contribution in [2.24, 2.45) is 0 Å². The second-order valence-corrected chi connectivity index (χ2v) is 4.70. The molecule has 0 bridgehead atoms. The first-order valence-electron chi connectivity index (χ1n) is 6.61. The van der Waals surface area contributed by atoms with Crippen LogP contribution in [0.1, 0.15) is 31.8 Å². The van der Waals surface area contributed by atoms with Crippen molar-refractivity contribution in [2.75, 3.05) is 7.11 Å². The van der Waals surface area contributed by atoms with Crippen LogP contribution in [0, 0.1) is 10.1 Å². The SMILES string of the molecule is COC(=O)c1ccc(C(=O)O)c(Cc2ccccc2)c1[N+](=O)[O-]. The van der Waals surface area contributed by atoms with Gasteiger partial charge in [0.2, 0.25) is 0 Å². The summed E-state index contributed by atoms with van der Waals surface area (Å²) in [5, 5.41) is 20.7. The Hall–Kier alpha value is -3.22. The monoisotopic (exact) mass is 315 g/mol. The largest absolute Gasteiger partial charge is 0.478 e. The maximum Gasteiger partial charge on any atom is 0.344 e. The zero-order chi connectivity index (χ0) is 17.0. The summed E-state index contributed by atoms with van der Waals surface area (Å²) >= 11 is 0. The molecule has 7 nitrogen and oxygen atoms in total. The Labute approximate surface area is 131 Å². The number of aromatic carboxylic acids is 1. The summed E-state index contributed by atoms with van der Waals surface area (Å²) in [4.78, 5) is 33.8. The van der Waals surface area contributed by atoms with Gasteiger partial charge in [0, 0.05) is 12.0 Å². The summed E-state index contributed by atoms with van der Waals surface area (Å²) in [6.07, 6.45) is 0.0175. The molecule has 0 fully saturated rings. The molecule has 7 heteroatoms. The lowest BCUT2D eigenvalue weighted by Crippen LogP contribution is -2.13. The number of carboxylic acid groups (broad SMARTS) is 1. The molecule has 0 aromatic heterocycles. The van der Waals surface area contributed by atoms with Crippen molar-refractivity contribution in [3.63, 3.8) is 0 Å². The van der Waals surface area contributed by atoms with Gasteiger partial charge < -0.3 is 9.84 Å². The van der Waals surface area contributed by atoms with Crippen LogP contribution >= 0.6 is 0 Å². The van der Waals surface area contributed by atoms with Crippen LogP contribution in [-0.4, -0.2) is 29.1 Å². The molecular formula is C16H13NO6. The van der Waals surface area contributed by atoms with Gasteiger partial charge in [0.15, 0.2) is 0 Å². The molecule has 0 saturated heterocycles. The summed E-state index contributed by atoms with van der Waals surface area (Å²) in [5.41, 5.74) is -0.362. The molecular weight excluding hydrogens is 302 g/mol. The van der Waals surface area contributed by atoms with E-state index < -0.39 is 22.5 Å². The van der Waals surface area contributed by atoms with Crippen LogP contribution in [-0.2, 0) is 11.2 Å². The molecule has 2 aromatic carbocycles. The van der Waals surface area contributed by atoms with Crippen molar-refractivity contribution in [3.8, 4) is 0 Å². The molecule has 2 aromatic rings. The van der Waals surface area contributed by atoms with Gasteiger partial charge in [-0.1, -0.05) is 30.3 Å². The van der Waals surface area contributed by atoms with Gasteiger partial charge in [-0.15, -0.1) is 0 Å². The lowest BCUT2D eigenvalue weighted by Gasteiger charge is -2.10. The van der Waals surface area contributed by atoms with Crippen LogP contribution in [0.15, 0.2) is 42.5 Å². The number of nitro benzene ring substituents is 1. The van der Waals surface area contributed by atoms with Crippen LogP contribution in [0.25, 0.3) is 0 Å². The van der Waals surface area contributed by atoms with E-state index in [4.69, 9.17) is 0 Å². The number of esters is 1. The zero-order valence-electron chi connectivity index (χ0n) is 12.2. The van der Waals surface area contributed by atoms with E-state index in [-0.39, 0.29) is 23.1 Å². The lowest BCUT2D eigenvalue weighted by atomic mass is 9.95. The van der Waals surface area contributed by atoms with E-state index in [0.717, 1.165) is 13.2 Å². The molecule has 0 unspecified atom stereocenters. The van der Waals surface area contributed by atoms with Gasteiger partial charge >= 0.3 is 11.9 Å². The van der Waals surface area contributed by atoms with E-state index in [2.05, 4.69) is 4.74 Å². The third-order valence-electron chi connectivity index (χ3n) is 3.32. The molecule has 0 heterocycles. The number of hydrogen-bond acceptors (Lipinski definition) is 5. The predicted octanol–water partition coefficient (Wildman–Crippen LogP) is 2.67. The molecule has 1 N–H and O–H groups in total. The average molecular weight is 315 g/mol. The average Bonchev–Trinajstić information content (AvgIpc) is 2.54. The Morgan fingerprint density at radius 1 is 1.13 bits per heavy atom. The first-order valence-corrected chi connectivity index (χ1v) is 6.61. The van der Waals surface area contributed by atoms with Crippen molar-refractivity contribution in [3.05, 3.63) is 74.8 Å². The maximum absolute atomic E-state index is 11.8. The van der Waals surface area contributed by atoms with Crippen molar-refractivity contribution < 1.29 is 24.4 Å².